The number of urea groups is 1. The molecule has 7 nitrogen and oxygen atoms in total. The number of nitrogens with one attached hydrogen (secondary N) is 3. The van der Waals surface area contributed by atoms with Crippen LogP contribution < -0.4 is 20.9 Å². The number of amides is 2. The Balaban J connectivity index is 1.43. The third-order valence-electron chi connectivity index (χ3n) is 3.98. The van der Waals surface area contributed by atoms with Gasteiger partial charge in [0.1, 0.15) is 29.6 Å². The van der Waals surface area contributed by atoms with Crippen LogP contribution in [0.4, 0.5) is 30.9 Å². The van der Waals surface area contributed by atoms with E-state index in [1.54, 1.807) is 0 Å². The largest absolute Gasteiger partial charge is 0.368 e. The summed E-state index contributed by atoms with van der Waals surface area (Å²) in [4.78, 5) is 22.4. The number of benzene rings is 1. The Morgan fingerprint density at radius 3 is 2.73 bits per heavy atom. The topological polar surface area (TPSA) is 82.2 Å². The van der Waals surface area contributed by atoms with Crippen LogP contribution in [0.25, 0.3) is 0 Å². The molecule has 0 unspecified atom stereocenters. The highest BCUT2D eigenvalue weighted by atomic mass is 19.1. The van der Waals surface area contributed by atoms with E-state index in [4.69, 9.17) is 0 Å². The van der Waals surface area contributed by atoms with Crippen LogP contribution >= 0.6 is 0 Å². The molecule has 0 bridgehead atoms. The van der Waals surface area contributed by atoms with Gasteiger partial charge in [0.15, 0.2) is 0 Å². The zero-order valence-corrected chi connectivity index (χ0v) is 14.1. The number of hydrogen-bond acceptors (Lipinski definition) is 5. The second-order valence-electron chi connectivity index (χ2n) is 5.89. The Morgan fingerprint density at radius 1 is 1.12 bits per heavy atom. The normalized spacial score (nSPS) is 13.5. The average Bonchev–Trinajstić information content (AvgIpc) is 3.17. The van der Waals surface area contributed by atoms with E-state index in [2.05, 4.69) is 30.8 Å². The van der Waals surface area contributed by atoms with Gasteiger partial charge in [0.2, 0.25) is 0 Å². The number of hydrogen-bond donors (Lipinski definition) is 3. The minimum absolute atomic E-state index is 0.207. The predicted molar refractivity (Wildman–Crippen MR) is 95.3 cm³/mol. The van der Waals surface area contributed by atoms with Crippen LogP contribution in [0.15, 0.2) is 30.6 Å². The molecule has 1 aromatic heterocycles. The molecule has 0 radical (unpaired) electrons. The zero-order chi connectivity index (χ0) is 18.4. The van der Waals surface area contributed by atoms with E-state index in [0.29, 0.717) is 12.4 Å². The Kier molecular flexibility index (Phi) is 5.77. The third kappa shape index (κ3) is 4.78. The summed E-state index contributed by atoms with van der Waals surface area (Å²) in [6.45, 7) is 2.70. The Morgan fingerprint density at radius 2 is 1.92 bits per heavy atom. The monoisotopic (exact) mass is 362 g/mol. The van der Waals surface area contributed by atoms with Gasteiger partial charge in [0.05, 0.1) is 5.69 Å². The van der Waals surface area contributed by atoms with Crippen molar-refractivity contribution in [3.8, 4) is 0 Å². The summed E-state index contributed by atoms with van der Waals surface area (Å²) in [6.07, 6.45) is 3.83. The first-order valence-electron chi connectivity index (χ1n) is 8.42. The molecule has 1 fully saturated rings. The van der Waals surface area contributed by atoms with Gasteiger partial charge in [-0.25, -0.2) is 23.5 Å². The summed E-state index contributed by atoms with van der Waals surface area (Å²) < 4.78 is 26.5. The lowest BCUT2D eigenvalue weighted by molar-refractivity contribution is 0.252. The maximum atomic E-state index is 13.5. The van der Waals surface area contributed by atoms with Gasteiger partial charge in [0, 0.05) is 38.3 Å². The van der Waals surface area contributed by atoms with Crippen LogP contribution in [0.5, 0.6) is 0 Å². The molecular formula is C17H20F2N6O. The molecule has 1 saturated heterocycles. The molecule has 2 aromatic rings. The first kappa shape index (κ1) is 17.8. The van der Waals surface area contributed by atoms with Gasteiger partial charge >= 0.3 is 6.03 Å². The molecule has 1 aliphatic rings. The van der Waals surface area contributed by atoms with Gasteiger partial charge in [-0.15, -0.1) is 0 Å². The van der Waals surface area contributed by atoms with E-state index < -0.39 is 17.7 Å². The van der Waals surface area contributed by atoms with Crippen molar-refractivity contribution in [1.29, 1.82) is 0 Å². The fourth-order valence-corrected chi connectivity index (χ4v) is 2.69. The smallest absolute Gasteiger partial charge is 0.319 e. The van der Waals surface area contributed by atoms with Crippen LogP contribution in [0.1, 0.15) is 12.8 Å². The highest BCUT2D eigenvalue weighted by Crippen LogP contribution is 2.19. The quantitative estimate of drug-likeness (QED) is 0.688. The molecule has 9 heteroatoms. The van der Waals surface area contributed by atoms with E-state index in [1.165, 1.54) is 6.33 Å². The number of anilines is 3. The molecule has 3 N–H and O–H groups in total. The number of aromatic nitrogens is 2. The van der Waals surface area contributed by atoms with E-state index in [9.17, 15) is 13.6 Å². The van der Waals surface area contributed by atoms with Gasteiger partial charge in [-0.3, -0.25) is 0 Å². The van der Waals surface area contributed by atoms with Crippen molar-refractivity contribution >= 4 is 23.4 Å². The molecule has 2 heterocycles. The van der Waals surface area contributed by atoms with Gasteiger partial charge in [-0.2, -0.15) is 0 Å². The van der Waals surface area contributed by atoms with Crippen molar-refractivity contribution in [2.45, 2.75) is 12.8 Å². The molecular weight excluding hydrogens is 342 g/mol. The number of carbonyl (C=O) groups excluding carboxylic acids is 1. The Labute approximate surface area is 149 Å². The highest BCUT2D eigenvalue weighted by Gasteiger charge is 2.14. The molecule has 1 aliphatic heterocycles. The van der Waals surface area contributed by atoms with Crippen molar-refractivity contribution < 1.29 is 13.6 Å². The molecule has 1 aromatic carbocycles. The van der Waals surface area contributed by atoms with Crippen molar-refractivity contribution in [3.63, 3.8) is 0 Å². The molecule has 0 atom stereocenters. The van der Waals surface area contributed by atoms with Gasteiger partial charge in [-0.05, 0) is 25.0 Å². The van der Waals surface area contributed by atoms with Crippen molar-refractivity contribution in [1.82, 2.24) is 15.3 Å². The summed E-state index contributed by atoms with van der Waals surface area (Å²) in [5.41, 5.74) is -0.207. The average molecular weight is 362 g/mol. The lowest BCUT2D eigenvalue weighted by Gasteiger charge is -2.16. The predicted octanol–water partition coefficient (Wildman–Crippen LogP) is 2.59. The standard InChI is InChI=1S/C17H20F2N6O/c18-12-3-4-13(19)14(9-12)24-17(26)21-6-5-20-15-10-16(23-11-22-15)25-7-1-2-8-25/h3-4,9-11H,1-2,5-8H2,(H,20,22,23)(H2,21,24,26). The first-order valence-corrected chi connectivity index (χ1v) is 8.42. The molecule has 2 amide bonds. The van der Waals surface area contributed by atoms with Crippen molar-refractivity contribution in [3.05, 3.63) is 42.2 Å². The van der Waals surface area contributed by atoms with Crippen molar-refractivity contribution in [2.24, 2.45) is 0 Å². The Hall–Kier alpha value is -2.97. The van der Waals surface area contributed by atoms with Crippen LogP contribution in [-0.4, -0.2) is 42.2 Å². The van der Waals surface area contributed by atoms with Crippen LogP contribution in [0, 0.1) is 11.6 Å². The molecule has 138 valence electrons. The number of nitrogens with zero attached hydrogens (tertiary/aromatic N) is 3. The van der Waals surface area contributed by atoms with Gasteiger partial charge in [-0.1, -0.05) is 0 Å². The second kappa shape index (κ2) is 8.41. The minimum Gasteiger partial charge on any atom is -0.368 e. The second-order valence-corrected chi connectivity index (χ2v) is 5.89. The summed E-state index contributed by atoms with van der Waals surface area (Å²) >= 11 is 0. The zero-order valence-electron chi connectivity index (χ0n) is 14.1. The van der Waals surface area contributed by atoms with Crippen LogP contribution in [0.3, 0.4) is 0 Å². The fraction of sp³-hybridized carbons (Fsp3) is 0.353. The summed E-state index contributed by atoms with van der Waals surface area (Å²) in [5, 5.41) is 7.93. The molecule has 0 saturated carbocycles. The fourth-order valence-electron chi connectivity index (χ4n) is 2.69. The van der Waals surface area contributed by atoms with E-state index in [-0.39, 0.29) is 12.2 Å². The SMILES string of the molecule is O=C(NCCNc1cc(N2CCCC2)ncn1)Nc1cc(F)ccc1F. The van der Waals surface area contributed by atoms with E-state index >= 15 is 0 Å². The highest BCUT2D eigenvalue weighted by molar-refractivity contribution is 5.89. The molecule has 26 heavy (non-hydrogen) atoms. The Bertz CT molecular complexity index is 767. The van der Waals surface area contributed by atoms with Gasteiger partial charge < -0.3 is 20.9 Å². The lowest BCUT2D eigenvalue weighted by atomic mass is 10.3. The minimum atomic E-state index is -0.699. The van der Waals surface area contributed by atoms with Crippen LogP contribution in [-0.2, 0) is 0 Å². The first-order chi connectivity index (χ1) is 12.6. The molecule has 3 rings (SSSR count). The van der Waals surface area contributed by atoms with Gasteiger partial charge in [0.25, 0.3) is 0 Å². The number of rotatable bonds is 6. The van der Waals surface area contributed by atoms with E-state index in [0.717, 1.165) is 49.9 Å². The van der Waals surface area contributed by atoms with E-state index in [1.807, 2.05) is 6.07 Å². The molecule has 0 spiro atoms. The van der Waals surface area contributed by atoms with Crippen molar-refractivity contribution in [2.75, 3.05) is 41.7 Å². The third-order valence-corrected chi connectivity index (χ3v) is 3.98. The summed E-state index contributed by atoms with van der Waals surface area (Å²) in [6, 6.07) is 4.12. The lowest BCUT2D eigenvalue weighted by Crippen LogP contribution is -2.33. The molecule has 0 aliphatic carbocycles. The number of halogens is 2. The number of carbonyl (C=O) groups is 1. The van der Waals surface area contributed by atoms with Crippen LogP contribution in [0.2, 0.25) is 0 Å². The maximum Gasteiger partial charge on any atom is 0.319 e. The summed E-state index contributed by atoms with van der Waals surface area (Å²) in [7, 11) is 0. The summed E-state index contributed by atoms with van der Waals surface area (Å²) in [5.74, 6) is 0.226. The maximum absolute atomic E-state index is 13.5.